The van der Waals surface area contributed by atoms with E-state index in [-0.39, 0.29) is 5.88 Å². The summed E-state index contributed by atoms with van der Waals surface area (Å²) in [6.45, 7) is 2.01. The number of methoxy groups -OCH3 is 2. The van der Waals surface area contributed by atoms with Crippen LogP contribution in [0.1, 0.15) is 5.69 Å². The summed E-state index contributed by atoms with van der Waals surface area (Å²) in [6, 6.07) is 17.5. The molecule has 0 atom stereocenters. The van der Waals surface area contributed by atoms with Crippen LogP contribution in [0.4, 0.5) is 0 Å². The number of hydrogen-bond donors (Lipinski definition) is 1. The third-order valence-corrected chi connectivity index (χ3v) is 5.46. The van der Waals surface area contributed by atoms with Gasteiger partial charge in [-0.25, -0.2) is 4.98 Å². The average Bonchev–Trinajstić information content (AvgIpc) is 3.30. The van der Waals surface area contributed by atoms with E-state index < -0.39 is 0 Å². The van der Waals surface area contributed by atoms with Gasteiger partial charge in [-0.15, -0.1) is 0 Å². The first-order valence-corrected chi connectivity index (χ1v) is 9.61. The lowest BCUT2D eigenvalue weighted by Gasteiger charge is -2.14. The molecule has 0 fully saturated rings. The van der Waals surface area contributed by atoms with Crippen LogP contribution in [0.3, 0.4) is 0 Å². The molecule has 0 aliphatic heterocycles. The Morgan fingerprint density at radius 3 is 2.43 bits per heavy atom. The van der Waals surface area contributed by atoms with Crippen molar-refractivity contribution in [1.82, 2.24) is 14.0 Å². The molecule has 2 aromatic carbocycles. The molecule has 0 spiro atoms. The topological polar surface area (TPSA) is 60.9 Å². The zero-order chi connectivity index (χ0) is 20.8. The van der Waals surface area contributed by atoms with Crippen molar-refractivity contribution in [2.24, 2.45) is 0 Å². The van der Waals surface area contributed by atoms with Crippen LogP contribution >= 0.6 is 0 Å². The minimum atomic E-state index is 0.183. The number of ether oxygens (including phenoxy) is 2. The molecular weight excluding hydrogens is 378 g/mol. The van der Waals surface area contributed by atoms with Crippen LogP contribution in [0.15, 0.2) is 67.0 Å². The Bertz CT molecular complexity index is 1400. The van der Waals surface area contributed by atoms with Gasteiger partial charge in [0, 0.05) is 40.5 Å². The summed E-state index contributed by atoms with van der Waals surface area (Å²) in [5, 5.41) is 12.9. The summed E-state index contributed by atoms with van der Waals surface area (Å²) < 4.78 is 14.8. The number of aromatic nitrogens is 3. The Morgan fingerprint density at radius 2 is 1.67 bits per heavy atom. The molecule has 30 heavy (non-hydrogen) atoms. The summed E-state index contributed by atoms with van der Waals surface area (Å²) in [4.78, 5) is 4.47. The van der Waals surface area contributed by atoms with Gasteiger partial charge in [-0.2, -0.15) is 0 Å². The summed E-state index contributed by atoms with van der Waals surface area (Å²) >= 11 is 0. The van der Waals surface area contributed by atoms with Crippen molar-refractivity contribution in [3.63, 3.8) is 0 Å². The Balaban J connectivity index is 1.83. The lowest BCUT2D eigenvalue weighted by molar-refractivity contribution is 0.355. The first-order chi connectivity index (χ1) is 14.6. The summed E-state index contributed by atoms with van der Waals surface area (Å²) in [5.41, 5.74) is 4.48. The van der Waals surface area contributed by atoms with Crippen molar-refractivity contribution >= 4 is 16.4 Å². The fourth-order valence-corrected chi connectivity index (χ4v) is 3.99. The Kier molecular flexibility index (Phi) is 4.13. The van der Waals surface area contributed by atoms with Gasteiger partial charge in [-0.1, -0.05) is 18.2 Å². The minimum absolute atomic E-state index is 0.183. The van der Waals surface area contributed by atoms with Gasteiger partial charge in [0.1, 0.15) is 5.65 Å². The van der Waals surface area contributed by atoms with Gasteiger partial charge in [0.15, 0.2) is 11.5 Å². The standard InChI is InChI=1S/C24H21N3O3/c1-15-14-25-22-13-17(10-11-26(15)22)27-23(18-6-4-5-7-19(18)24(27)28)16-8-9-20(29-2)21(12-16)30-3/h4-14,28H,1-3H3. The number of hydrogen-bond acceptors (Lipinski definition) is 4. The molecule has 5 rings (SSSR count). The Labute approximate surface area is 173 Å². The molecule has 150 valence electrons. The second-order valence-corrected chi connectivity index (χ2v) is 7.14. The molecule has 5 aromatic rings. The molecule has 0 amide bonds. The molecular formula is C24H21N3O3. The monoisotopic (exact) mass is 399 g/mol. The lowest BCUT2D eigenvalue weighted by Crippen LogP contribution is -1.99. The maximum atomic E-state index is 11.2. The molecule has 1 N–H and O–H groups in total. The first-order valence-electron chi connectivity index (χ1n) is 9.61. The highest BCUT2D eigenvalue weighted by molar-refractivity contribution is 6.01. The van der Waals surface area contributed by atoms with E-state index in [1.807, 2.05) is 82.9 Å². The third kappa shape index (κ3) is 2.61. The predicted molar refractivity (Wildman–Crippen MR) is 117 cm³/mol. The molecule has 0 saturated heterocycles. The second kappa shape index (κ2) is 6.84. The molecule has 0 aliphatic carbocycles. The second-order valence-electron chi connectivity index (χ2n) is 7.14. The van der Waals surface area contributed by atoms with E-state index in [4.69, 9.17) is 9.47 Å². The molecule has 3 heterocycles. The zero-order valence-electron chi connectivity index (χ0n) is 17.0. The first kappa shape index (κ1) is 18.1. The Morgan fingerprint density at radius 1 is 0.900 bits per heavy atom. The minimum Gasteiger partial charge on any atom is -0.494 e. The number of aryl methyl sites for hydroxylation is 1. The van der Waals surface area contributed by atoms with Gasteiger partial charge < -0.3 is 19.0 Å². The fourth-order valence-electron chi connectivity index (χ4n) is 3.99. The molecule has 6 heteroatoms. The Hall–Kier alpha value is -3.93. The molecule has 0 unspecified atom stereocenters. The molecule has 0 radical (unpaired) electrons. The molecule has 6 nitrogen and oxygen atoms in total. The highest BCUT2D eigenvalue weighted by atomic mass is 16.5. The van der Waals surface area contributed by atoms with Crippen LogP contribution < -0.4 is 9.47 Å². The van der Waals surface area contributed by atoms with Gasteiger partial charge in [0.05, 0.1) is 25.6 Å². The van der Waals surface area contributed by atoms with Crippen molar-refractivity contribution in [3.8, 4) is 34.3 Å². The van der Waals surface area contributed by atoms with Crippen molar-refractivity contribution < 1.29 is 14.6 Å². The van der Waals surface area contributed by atoms with E-state index in [1.54, 1.807) is 14.2 Å². The van der Waals surface area contributed by atoms with Crippen molar-refractivity contribution in [3.05, 3.63) is 72.7 Å². The number of pyridine rings is 1. The van der Waals surface area contributed by atoms with Crippen LogP contribution in [0.25, 0.3) is 33.4 Å². The number of nitrogens with zero attached hydrogens (tertiary/aromatic N) is 3. The van der Waals surface area contributed by atoms with Crippen molar-refractivity contribution in [2.45, 2.75) is 6.92 Å². The molecule has 0 bridgehead atoms. The summed E-state index contributed by atoms with van der Waals surface area (Å²) in [6.07, 6.45) is 3.80. The van der Waals surface area contributed by atoms with Gasteiger partial charge in [0.2, 0.25) is 5.88 Å². The lowest BCUT2D eigenvalue weighted by atomic mass is 10.1. The number of imidazole rings is 1. The number of fused-ring (bicyclic) bond motifs is 2. The maximum Gasteiger partial charge on any atom is 0.204 e. The van der Waals surface area contributed by atoms with E-state index in [0.29, 0.717) is 11.5 Å². The van der Waals surface area contributed by atoms with Crippen LogP contribution in [0, 0.1) is 6.92 Å². The normalized spacial score (nSPS) is 11.3. The number of rotatable bonds is 4. The molecule has 0 aliphatic rings. The SMILES string of the molecule is COc1ccc(-c2c3ccccc3c(O)n2-c2ccn3c(C)cnc3c2)cc1OC. The summed E-state index contributed by atoms with van der Waals surface area (Å²) in [7, 11) is 3.23. The van der Waals surface area contributed by atoms with E-state index >= 15 is 0 Å². The van der Waals surface area contributed by atoms with Crippen LogP contribution in [0.5, 0.6) is 17.4 Å². The predicted octanol–water partition coefficient (Wildman–Crippen LogP) is 4.98. The highest BCUT2D eigenvalue weighted by Crippen LogP contribution is 2.42. The fraction of sp³-hybridized carbons (Fsp3) is 0.125. The molecule has 0 saturated carbocycles. The highest BCUT2D eigenvalue weighted by Gasteiger charge is 2.20. The van der Waals surface area contributed by atoms with Gasteiger partial charge in [-0.3, -0.25) is 4.57 Å². The van der Waals surface area contributed by atoms with Gasteiger partial charge in [-0.05, 0) is 37.3 Å². The summed E-state index contributed by atoms with van der Waals surface area (Å²) in [5.74, 6) is 1.47. The van der Waals surface area contributed by atoms with E-state index in [1.165, 1.54) is 0 Å². The van der Waals surface area contributed by atoms with E-state index in [9.17, 15) is 5.11 Å². The van der Waals surface area contributed by atoms with Crippen LogP contribution in [-0.2, 0) is 0 Å². The molecule has 3 aromatic heterocycles. The van der Waals surface area contributed by atoms with Gasteiger partial charge >= 0.3 is 0 Å². The number of aromatic hydroxyl groups is 1. The van der Waals surface area contributed by atoms with E-state index in [0.717, 1.165) is 39.1 Å². The number of benzene rings is 2. The van der Waals surface area contributed by atoms with Crippen LogP contribution in [-0.4, -0.2) is 33.3 Å². The van der Waals surface area contributed by atoms with E-state index in [2.05, 4.69) is 4.98 Å². The third-order valence-electron chi connectivity index (χ3n) is 5.46. The van der Waals surface area contributed by atoms with Crippen molar-refractivity contribution in [2.75, 3.05) is 14.2 Å². The van der Waals surface area contributed by atoms with Gasteiger partial charge in [0.25, 0.3) is 0 Å². The average molecular weight is 399 g/mol. The zero-order valence-corrected chi connectivity index (χ0v) is 17.0. The quantitative estimate of drug-likeness (QED) is 0.463. The van der Waals surface area contributed by atoms with Crippen molar-refractivity contribution in [1.29, 1.82) is 0 Å². The maximum absolute atomic E-state index is 11.2. The largest absolute Gasteiger partial charge is 0.494 e. The smallest absolute Gasteiger partial charge is 0.204 e. The van der Waals surface area contributed by atoms with Crippen LogP contribution in [0.2, 0.25) is 0 Å².